The highest BCUT2D eigenvalue weighted by molar-refractivity contribution is 6.33. The van der Waals surface area contributed by atoms with Gasteiger partial charge in [0.1, 0.15) is 17.3 Å². The summed E-state index contributed by atoms with van der Waals surface area (Å²) in [5.41, 5.74) is 3.78. The van der Waals surface area contributed by atoms with Crippen molar-refractivity contribution in [3.8, 4) is 57.1 Å². The highest BCUT2D eigenvalue weighted by atomic mass is 35.5. The Kier molecular flexibility index (Phi) is 11.5. The Hall–Kier alpha value is -6.62. The van der Waals surface area contributed by atoms with E-state index >= 15 is 0 Å². The van der Waals surface area contributed by atoms with Crippen molar-refractivity contribution in [2.24, 2.45) is 0 Å². The second kappa shape index (κ2) is 16.9. The van der Waals surface area contributed by atoms with Gasteiger partial charge in [0.15, 0.2) is 23.0 Å². The standard InChI is InChI=1S/C46H36Cl2O10/c1-51-39-21-27(22-40(52-2)45(39)55-5)35-17-25(19-37(57-35)29-11-7-9-13-33(29)47)15-31-43(49)32(44(31)50)16-26-18-36(58-38(20-26)30-12-8-10-14-34(30)48)28-23-41(53-3)46(56-6)42(24-28)54-4/h7-24H,1-6H3/p+1. The summed E-state index contributed by atoms with van der Waals surface area (Å²) in [6, 6.07) is 25.0. The van der Waals surface area contributed by atoms with Crippen LogP contribution in [-0.4, -0.2) is 53.5 Å². The Morgan fingerprint density at radius 3 is 1.62 bits per heavy atom. The average molecular weight is 821 g/mol. The Morgan fingerprint density at radius 1 is 0.603 bits per heavy atom. The number of carbonyl (C=O) groups is 1. The molecular formula is C46H37Cl2O10+. The van der Waals surface area contributed by atoms with E-state index in [9.17, 15) is 9.90 Å². The molecule has 0 fully saturated rings. The molecule has 5 aromatic rings. The molecule has 12 heteroatoms. The first-order chi connectivity index (χ1) is 28.1. The third-order valence-electron chi connectivity index (χ3n) is 9.43. The molecule has 0 atom stereocenters. The van der Waals surface area contributed by atoms with Crippen molar-refractivity contribution in [1.82, 2.24) is 0 Å². The molecule has 1 aliphatic carbocycles. The van der Waals surface area contributed by atoms with E-state index in [0.717, 1.165) is 0 Å². The van der Waals surface area contributed by atoms with E-state index in [0.29, 0.717) is 101 Å². The molecule has 0 amide bonds. The number of ether oxygens (including phenoxy) is 7. The van der Waals surface area contributed by atoms with Crippen LogP contribution in [0.4, 0.5) is 0 Å². The summed E-state index contributed by atoms with van der Waals surface area (Å²) in [5.74, 6) is 3.61. The van der Waals surface area contributed by atoms with Gasteiger partial charge in [-0.25, -0.2) is 4.42 Å². The predicted molar refractivity (Wildman–Crippen MR) is 224 cm³/mol. The monoisotopic (exact) mass is 819 g/mol. The fourth-order valence-electron chi connectivity index (χ4n) is 6.57. The topological polar surface area (TPSA) is 113 Å². The van der Waals surface area contributed by atoms with Gasteiger partial charge in [-0.15, -0.1) is 0 Å². The van der Waals surface area contributed by atoms with E-state index in [-0.39, 0.29) is 22.7 Å². The Morgan fingerprint density at radius 2 is 1.10 bits per heavy atom. The molecule has 0 bridgehead atoms. The maximum absolute atomic E-state index is 13.9. The van der Waals surface area contributed by atoms with E-state index in [1.165, 1.54) is 42.7 Å². The van der Waals surface area contributed by atoms with Gasteiger partial charge in [0.05, 0.1) is 87.1 Å². The highest BCUT2D eigenvalue weighted by Gasteiger charge is 2.34. The molecule has 0 spiro atoms. The van der Waals surface area contributed by atoms with Crippen molar-refractivity contribution in [2.45, 2.75) is 0 Å². The van der Waals surface area contributed by atoms with E-state index in [4.69, 9.17) is 60.8 Å². The lowest BCUT2D eigenvalue weighted by Gasteiger charge is -2.23. The van der Waals surface area contributed by atoms with Gasteiger partial charge in [0.25, 0.3) is 0 Å². The zero-order chi connectivity index (χ0) is 41.1. The fraction of sp³-hybridized carbons (Fsp3) is 0.130. The molecule has 1 N–H and O–H groups in total. The molecule has 0 saturated carbocycles. The van der Waals surface area contributed by atoms with E-state index in [2.05, 4.69) is 0 Å². The molecule has 0 saturated heterocycles. The molecule has 7 rings (SSSR count). The maximum atomic E-state index is 13.9. The third kappa shape index (κ3) is 7.59. The Bertz CT molecular complexity index is 2570. The number of ketones is 1. The van der Waals surface area contributed by atoms with Crippen LogP contribution < -0.4 is 28.4 Å². The minimum absolute atomic E-state index is 0.107. The maximum Gasteiger partial charge on any atom is 0.362 e. The van der Waals surface area contributed by atoms with Gasteiger partial charge in [-0.2, -0.15) is 0 Å². The number of Topliss-reactive ketones (excluding diaryl/α,β-unsaturated/α-hetero) is 1. The van der Waals surface area contributed by atoms with Crippen molar-refractivity contribution in [3.05, 3.63) is 152 Å². The first-order valence-corrected chi connectivity index (χ1v) is 18.5. The van der Waals surface area contributed by atoms with Crippen molar-refractivity contribution < 1.29 is 47.5 Å². The summed E-state index contributed by atoms with van der Waals surface area (Å²) in [7, 11) is 9.14. The molecule has 1 aromatic heterocycles. The van der Waals surface area contributed by atoms with Gasteiger partial charge in [-0.1, -0.05) is 47.5 Å². The van der Waals surface area contributed by atoms with E-state index in [1.807, 2.05) is 36.4 Å². The van der Waals surface area contributed by atoms with Crippen molar-refractivity contribution >= 4 is 46.6 Å². The summed E-state index contributed by atoms with van der Waals surface area (Å²) in [6.45, 7) is 0. The zero-order valence-electron chi connectivity index (χ0n) is 32.3. The first-order valence-electron chi connectivity index (χ1n) is 17.7. The number of halogens is 2. The molecule has 10 nitrogen and oxygen atoms in total. The molecule has 294 valence electrons. The van der Waals surface area contributed by atoms with Crippen LogP contribution in [0, 0.1) is 0 Å². The van der Waals surface area contributed by atoms with E-state index in [1.54, 1.807) is 72.8 Å². The molecular weight excluding hydrogens is 783 g/mol. The van der Waals surface area contributed by atoms with Gasteiger partial charge in [0.2, 0.25) is 17.3 Å². The number of allylic oxidation sites excluding steroid dienone is 6. The zero-order valence-corrected chi connectivity index (χ0v) is 33.8. The van der Waals surface area contributed by atoms with Crippen LogP contribution in [0.1, 0.15) is 16.7 Å². The van der Waals surface area contributed by atoms with Crippen LogP contribution in [0.5, 0.6) is 34.5 Å². The lowest BCUT2D eigenvalue weighted by molar-refractivity contribution is -0.113. The number of aliphatic hydroxyl groups is 1. The van der Waals surface area contributed by atoms with Crippen LogP contribution >= 0.6 is 23.2 Å². The van der Waals surface area contributed by atoms with Crippen LogP contribution in [0.3, 0.4) is 0 Å². The number of carbonyl (C=O) groups excluding carboxylic acids is 1. The molecule has 2 aliphatic rings. The summed E-state index contributed by atoms with van der Waals surface area (Å²) in [6.07, 6.45) is 6.69. The predicted octanol–water partition coefficient (Wildman–Crippen LogP) is 11.1. The van der Waals surface area contributed by atoms with Crippen LogP contribution in [0.2, 0.25) is 10.0 Å². The first kappa shape index (κ1) is 39.6. The number of aliphatic hydroxyl groups excluding tert-OH is 1. The quantitative estimate of drug-likeness (QED) is 0.0964. The minimum atomic E-state index is -0.374. The molecule has 58 heavy (non-hydrogen) atoms. The Labute approximate surface area is 345 Å². The van der Waals surface area contributed by atoms with Gasteiger partial charge in [-0.3, -0.25) is 4.79 Å². The number of hydrogen-bond donors (Lipinski definition) is 1. The molecule has 0 unspecified atom stereocenters. The smallest absolute Gasteiger partial charge is 0.362 e. The van der Waals surface area contributed by atoms with Crippen LogP contribution in [0.25, 0.3) is 40.2 Å². The molecule has 4 aromatic carbocycles. The van der Waals surface area contributed by atoms with Gasteiger partial charge in [0, 0.05) is 23.3 Å². The molecule has 2 heterocycles. The second-order valence-electron chi connectivity index (χ2n) is 12.8. The van der Waals surface area contributed by atoms with Gasteiger partial charge in [-0.05, 0) is 71.8 Å². The van der Waals surface area contributed by atoms with Crippen LogP contribution in [-0.2, 0) is 9.53 Å². The van der Waals surface area contributed by atoms with Crippen molar-refractivity contribution in [2.75, 3.05) is 42.7 Å². The van der Waals surface area contributed by atoms with Crippen molar-refractivity contribution in [3.63, 3.8) is 0 Å². The third-order valence-corrected chi connectivity index (χ3v) is 10.1. The highest BCUT2D eigenvalue weighted by Crippen LogP contribution is 2.45. The summed E-state index contributed by atoms with van der Waals surface area (Å²) in [4.78, 5) is 13.9. The fourth-order valence-corrected chi connectivity index (χ4v) is 7.03. The van der Waals surface area contributed by atoms with Gasteiger partial charge >= 0.3 is 11.5 Å². The normalized spacial score (nSPS) is 15.0. The Balaban J connectivity index is 1.34. The molecule has 0 radical (unpaired) electrons. The van der Waals surface area contributed by atoms with E-state index < -0.39 is 0 Å². The summed E-state index contributed by atoms with van der Waals surface area (Å²) in [5, 5.41) is 12.4. The molecule has 1 aliphatic heterocycles. The number of rotatable bonds is 12. The SMILES string of the molecule is COc1cc(C2=CC(=CC3=C(O)C(=Cc4cc(-c5cc(OC)c(OC)c(OC)c5)[o+]c(-c5ccccc5Cl)c4)C3=O)C=C(c3ccccc3Cl)O2)cc(OC)c1OC. The van der Waals surface area contributed by atoms with Crippen molar-refractivity contribution in [1.29, 1.82) is 0 Å². The lowest BCUT2D eigenvalue weighted by Crippen LogP contribution is -2.21. The van der Waals surface area contributed by atoms with Crippen LogP contribution in [0.15, 0.2) is 130 Å². The summed E-state index contributed by atoms with van der Waals surface area (Å²) < 4.78 is 46.2. The largest absolute Gasteiger partial charge is 0.506 e. The lowest BCUT2D eigenvalue weighted by atomic mass is 9.85. The average Bonchev–Trinajstić information content (AvgIpc) is 3.26. The minimum Gasteiger partial charge on any atom is -0.506 e. The number of hydrogen-bond acceptors (Lipinski definition) is 9. The number of methoxy groups -OCH3 is 6. The number of benzene rings is 4. The summed E-state index contributed by atoms with van der Waals surface area (Å²) >= 11 is 13.2. The van der Waals surface area contributed by atoms with Gasteiger partial charge < -0.3 is 38.3 Å². The second-order valence-corrected chi connectivity index (χ2v) is 13.6.